The number of amides is 2. The van der Waals surface area contributed by atoms with Crippen molar-refractivity contribution < 1.29 is 9.59 Å². The molecular formula is C21H20N4O2S. The molecule has 0 spiro atoms. The standard InChI is InChI=1S/C21H20N4O2S/c1-13-21(25-18-9-5-4-8-17(18)22-13)28-12-19(26)24-16-7-3-2-6-15(16)20(27)23-14-10-11-14/h2-9,14H,10-12H2,1H3,(H,23,27)(H,24,26). The minimum Gasteiger partial charge on any atom is -0.349 e. The van der Waals surface area contributed by atoms with E-state index in [1.807, 2.05) is 31.2 Å². The average Bonchev–Trinajstić information content (AvgIpc) is 3.50. The molecule has 2 aromatic carbocycles. The zero-order valence-electron chi connectivity index (χ0n) is 15.4. The molecule has 1 heterocycles. The maximum absolute atomic E-state index is 12.5. The van der Waals surface area contributed by atoms with Crippen LogP contribution < -0.4 is 10.6 Å². The summed E-state index contributed by atoms with van der Waals surface area (Å²) in [6.45, 7) is 1.89. The number of rotatable bonds is 6. The Kier molecular flexibility index (Phi) is 5.25. The van der Waals surface area contributed by atoms with Crippen molar-refractivity contribution in [3.63, 3.8) is 0 Å². The molecule has 3 aromatic rings. The lowest BCUT2D eigenvalue weighted by atomic mass is 10.1. The van der Waals surface area contributed by atoms with Gasteiger partial charge in [-0.15, -0.1) is 0 Å². The highest BCUT2D eigenvalue weighted by Crippen LogP contribution is 2.24. The van der Waals surface area contributed by atoms with E-state index in [0.29, 0.717) is 11.3 Å². The molecular weight excluding hydrogens is 372 g/mol. The fourth-order valence-electron chi connectivity index (χ4n) is 2.81. The Labute approximate surface area is 167 Å². The van der Waals surface area contributed by atoms with Gasteiger partial charge in [-0.1, -0.05) is 36.0 Å². The van der Waals surface area contributed by atoms with E-state index in [1.54, 1.807) is 24.3 Å². The molecule has 4 rings (SSSR count). The Morgan fingerprint density at radius 1 is 1.04 bits per heavy atom. The Balaban J connectivity index is 1.42. The van der Waals surface area contributed by atoms with Crippen LogP contribution in [0, 0.1) is 6.92 Å². The first-order chi connectivity index (χ1) is 13.6. The lowest BCUT2D eigenvalue weighted by Crippen LogP contribution is -2.27. The van der Waals surface area contributed by atoms with Crippen molar-refractivity contribution in [1.29, 1.82) is 0 Å². The van der Waals surface area contributed by atoms with Crippen LogP contribution in [-0.4, -0.2) is 33.6 Å². The van der Waals surface area contributed by atoms with Crippen LogP contribution in [0.4, 0.5) is 5.69 Å². The van der Waals surface area contributed by atoms with Crippen LogP contribution in [0.25, 0.3) is 11.0 Å². The molecule has 1 aromatic heterocycles. The van der Waals surface area contributed by atoms with E-state index in [-0.39, 0.29) is 23.6 Å². The molecule has 28 heavy (non-hydrogen) atoms. The number of nitrogens with one attached hydrogen (secondary N) is 2. The third kappa shape index (κ3) is 4.31. The fourth-order valence-corrected chi connectivity index (χ4v) is 3.57. The normalized spacial score (nSPS) is 13.3. The fraction of sp³-hybridized carbons (Fsp3) is 0.238. The predicted octanol–water partition coefficient (Wildman–Crippen LogP) is 3.56. The van der Waals surface area contributed by atoms with Gasteiger partial charge in [-0.25, -0.2) is 9.97 Å². The van der Waals surface area contributed by atoms with E-state index in [4.69, 9.17) is 0 Å². The van der Waals surface area contributed by atoms with Crippen LogP contribution in [0.2, 0.25) is 0 Å². The molecule has 0 radical (unpaired) electrons. The number of anilines is 1. The summed E-state index contributed by atoms with van der Waals surface area (Å²) < 4.78 is 0. The zero-order valence-corrected chi connectivity index (χ0v) is 16.3. The minimum absolute atomic E-state index is 0.151. The van der Waals surface area contributed by atoms with E-state index >= 15 is 0 Å². The van der Waals surface area contributed by atoms with Crippen LogP contribution in [0.3, 0.4) is 0 Å². The molecule has 6 nitrogen and oxygen atoms in total. The summed E-state index contributed by atoms with van der Waals surface area (Å²) in [5.41, 5.74) is 3.44. The third-order valence-corrected chi connectivity index (χ3v) is 5.47. The van der Waals surface area contributed by atoms with Gasteiger partial charge in [0.1, 0.15) is 5.03 Å². The molecule has 1 aliphatic carbocycles. The van der Waals surface area contributed by atoms with Crippen LogP contribution in [0.1, 0.15) is 28.9 Å². The number of fused-ring (bicyclic) bond motifs is 1. The van der Waals surface area contributed by atoms with Gasteiger partial charge in [-0.05, 0) is 44.0 Å². The number of aryl methyl sites for hydroxylation is 1. The highest BCUT2D eigenvalue weighted by molar-refractivity contribution is 8.00. The number of nitrogens with zero attached hydrogens (tertiary/aromatic N) is 2. The first kappa shape index (κ1) is 18.4. The highest BCUT2D eigenvalue weighted by atomic mass is 32.2. The Morgan fingerprint density at radius 3 is 2.46 bits per heavy atom. The lowest BCUT2D eigenvalue weighted by Gasteiger charge is -2.11. The summed E-state index contributed by atoms with van der Waals surface area (Å²) >= 11 is 1.34. The first-order valence-electron chi connectivity index (χ1n) is 9.16. The number of thioether (sulfide) groups is 1. The summed E-state index contributed by atoms with van der Waals surface area (Å²) in [5, 5.41) is 6.53. The van der Waals surface area contributed by atoms with Gasteiger partial charge in [0.2, 0.25) is 5.91 Å². The van der Waals surface area contributed by atoms with Crippen molar-refractivity contribution in [1.82, 2.24) is 15.3 Å². The van der Waals surface area contributed by atoms with Crippen molar-refractivity contribution in [2.45, 2.75) is 30.8 Å². The van der Waals surface area contributed by atoms with Crippen LogP contribution in [0.15, 0.2) is 53.6 Å². The summed E-state index contributed by atoms with van der Waals surface area (Å²) in [5.74, 6) is -0.153. The predicted molar refractivity (Wildman–Crippen MR) is 111 cm³/mol. The van der Waals surface area contributed by atoms with Crippen molar-refractivity contribution in [3.05, 3.63) is 59.8 Å². The van der Waals surface area contributed by atoms with Crippen molar-refractivity contribution in [3.8, 4) is 0 Å². The third-order valence-electron chi connectivity index (χ3n) is 4.40. The average molecular weight is 392 g/mol. The molecule has 7 heteroatoms. The second-order valence-electron chi connectivity index (χ2n) is 6.73. The van der Waals surface area contributed by atoms with E-state index < -0.39 is 0 Å². The second kappa shape index (κ2) is 7.98. The number of benzene rings is 2. The monoisotopic (exact) mass is 392 g/mol. The van der Waals surface area contributed by atoms with Gasteiger partial charge in [0.25, 0.3) is 5.91 Å². The van der Waals surface area contributed by atoms with Gasteiger partial charge >= 0.3 is 0 Å². The molecule has 0 bridgehead atoms. The number of carbonyl (C=O) groups excluding carboxylic acids is 2. The van der Waals surface area contributed by atoms with Gasteiger partial charge < -0.3 is 10.6 Å². The molecule has 0 unspecified atom stereocenters. The molecule has 1 saturated carbocycles. The Morgan fingerprint density at radius 2 is 1.71 bits per heavy atom. The van der Waals surface area contributed by atoms with E-state index in [2.05, 4.69) is 20.6 Å². The Hall–Kier alpha value is -2.93. The van der Waals surface area contributed by atoms with Gasteiger partial charge in [0, 0.05) is 6.04 Å². The van der Waals surface area contributed by atoms with Crippen LogP contribution in [-0.2, 0) is 4.79 Å². The van der Waals surface area contributed by atoms with E-state index in [1.165, 1.54) is 11.8 Å². The summed E-state index contributed by atoms with van der Waals surface area (Å²) in [6.07, 6.45) is 2.03. The zero-order chi connectivity index (χ0) is 19.5. The largest absolute Gasteiger partial charge is 0.349 e. The number of aromatic nitrogens is 2. The van der Waals surface area contributed by atoms with Gasteiger partial charge in [-0.3, -0.25) is 9.59 Å². The van der Waals surface area contributed by atoms with Gasteiger partial charge in [0.05, 0.1) is 33.7 Å². The summed E-state index contributed by atoms with van der Waals surface area (Å²) in [4.78, 5) is 34.0. The summed E-state index contributed by atoms with van der Waals surface area (Å²) in [7, 11) is 0. The molecule has 0 aliphatic heterocycles. The van der Waals surface area contributed by atoms with Crippen LogP contribution >= 0.6 is 11.8 Å². The van der Waals surface area contributed by atoms with Crippen molar-refractivity contribution in [2.24, 2.45) is 0 Å². The maximum Gasteiger partial charge on any atom is 0.253 e. The second-order valence-corrected chi connectivity index (χ2v) is 7.70. The number of hydrogen-bond donors (Lipinski definition) is 2. The van der Waals surface area contributed by atoms with Crippen molar-refractivity contribution >= 4 is 40.3 Å². The first-order valence-corrected chi connectivity index (χ1v) is 10.1. The molecule has 142 valence electrons. The number of hydrogen-bond acceptors (Lipinski definition) is 5. The number of para-hydroxylation sites is 3. The van der Waals surface area contributed by atoms with Gasteiger partial charge in [0.15, 0.2) is 0 Å². The SMILES string of the molecule is Cc1nc2ccccc2nc1SCC(=O)Nc1ccccc1C(=O)NC1CC1. The molecule has 0 atom stereocenters. The molecule has 0 saturated heterocycles. The van der Waals surface area contributed by atoms with Gasteiger partial charge in [-0.2, -0.15) is 0 Å². The quantitative estimate of drug-likeness (QED) is 0.627. The van der Waals surface area contributed by atoms with E-state index in [0.717, 1.165) is 34.6 Å². The smallest absolute Gasteiger partial charge is 0.253 e. The molecule has 1 aliphatic rings. The molecule has 2 amide bonds. The molecule has 2 N–H and O–H groups in total. The Bertz CT molecular complexity index is 1050. The topological polar surface area (TPSA) is 84.0 Å². The van der Waals surface area contributed by atoms with Crippen LogP contribution in [0.5, 0.6) is 0 Å². The minimum atomic E-state index is -0.189. The highest BCUT2D eigenvalue weighted by Gasteiger charge is 2.25. The van der Waals surface area contributed by atoms with Crippen molar-refractivity contribution in [2.75, 3.05) is 11.1 Å². The lowest BCUT2D eigenvalue weighted by molar-refractivity contribution is -0.113. The number of carbonyl (C=O) groups is 2. The maximum atomic E-state index is 12.5. The summed E-state index contributed by atoms with van der Waals surface area (Å²) in [6, 6.07) is 15.0. The van der Waals surface area contributed by atoms with E-state index in [9.17, 15) is 9.59 Å². The molecule has 1 fully saturated rings.